The molecule has 2 heterocycles. The van der Waals surface area contributed by atoms with Gasteiger partial charge in [-0.15, -0.1) is 0 Å². The number of benzene rings is 1. The molecule has 0 aliphatic heterocycles. The number of rotatable bonds is 6. The number of anilines is 2. The molecule has 0 aliphatic rings. The first-order chi connectivity index (χ1) is 14.3. The van der Waals surface area contributed by atoms with E-state index >= 15 is 0 Å². The van der Waals surface area contributed by atoms with Gasteiger partial charge in [0.15, 0.2) is 0 Å². The third kappa shape index (κ3) is 3.63. The topological polar surface area (TPSA) is 114 Å². The molecule has 3 aromatic rings. The number of aromatic nitrogens is 2. The second-order valence-electron chi connectivity index (χ2n) is 6.84. The summed E-state index contributed by atoms with van der Waals surface area (Å²) >= 11 is 0. The van der Waals surface area contributed by atoms with Gasteiger partial charge in [-0.3, -0.25) is 0 Å². The highest BCUT2D eigenvalue weighted by atomic mass is 16.5. The largest absolute Gasteiger partial charge is 0.462 e. The first-order valence-electron chi connectivity index (χ1n) is 9.69. The molecule has 8 heteroatoms. The van der Waals surface area contributed by atoms with Gasteiger partial charge in [0.2, 0.25) is 0 Å². The maximum absolute atomic E-state index is 12.2. The Kier molecular flexibility index (Phi) is 5.86. The lowest BCUT2D eigenvalue weighted by Gasteiger charge is -2.10. The summed E-state index contributed by atoms with van der Waals surface area (Å²) in [5, 5.41) is 0. The molecule has 0 radical (unpaired) electrons. The Bertz CT molecular complexity index is 1010. The Balaban J connectivity index is 1.96. The smallest absolute Gasteiger partial charge is 0.342 e. The number of hydrogen-bond donors (Lipinski definition) is 2. The average molecular weight is 410 g/mol. The molecule has 0 unspecified atom stereocenters. The van der Waals surface area contributed by atoms with Crippen LogP contribution in [0.3, 0.4) is 0 Å². The first kappa shape index (κ1) is 21.0. The zero-order valence-electron chi connectivity index (χ0n) is 17.6. The van der Waals surface area contributed by atoms with Gasteiger partial charge < -0.3 is 30.1 Å². The number of carbonyl (C=O) groups is 2. The van der Waals surface area contributed by atoms with E-state index in [1.54, 1.807) is 35.4 Å². The molecule has 0 spiro atoms. The Morgan fingerprint density at radius 1 is 0.767 bits per heavy atom. The summed E-state index contributed by atoms with van der Waals surface area (Å²) < 4.78 is 13.7. The van der Waals surface area contributed by atoms with Gasteiger partial charge in [-0.1, -0.05) is 0 Å². The normalized spacial score (nSPS) is 10.8. The first-order valence-corrected chi connectivity index (χ1v) is 9.69. The number of nitrogen functional groups attached to an aromatic ring is 2. The minimum atomic E-state index is -0.440. The number of aryl methyl sites for hydroxylation is 2. The van der Waals surface area contributed by atoms with Crippen LogP contribution in [-0.2, 0) is 9.47 Å². The van der Waals surface area contributed by atoms with Gasteiger partial charge in [-0.2, -0.15) is 0 Å². The van der Waals surface area contributed by atoms with E-state index < -0.39 is 11.9 Å². The van der Waals surface area contributed by atoms with E-state index in [9.17, 15) is 9.59 Å². The molecule has 158 valence electrons. The van der Waals surface area contributed by atoms with E-state index in [4.69, 9.17) is 20.9 Å². The zero-order valence-corrected chi connectivity index (χ0v) is 17.6. The predicted octanol–water partition coefficient (Wildman–Crippen LogP) is 3.40. The van der Waals surface area contributed by atoms with Crippen LogP contribution in [0.25, 0.3) is 11.4 Å². The van der Waals surface area contributed by atoms with E-state index in [1.807, 2.05) is 38.1 Å². The van der Waals surface area contributed by atoms with E-state index in [-0.39, 0.29) is 13.2 Å². The predicted molar refractivity (Wildman–Crippen MR) is 115 cm³/mol. The van der Waals surface area contributed by atoms with Crippen molar-refractivity contribution in [2.45, 2.75) is 27.7 Å². The van der Waals surface area contributed by atoms with Crippen LogP contribution in [0.4, 0.5) is 11.6 Å². The third-order valence-corrected chi connectivity index (χ3v) is 4.83. The van der Waals surface area contributed by atoms with Crippen molar-refractivity contribution in [2.75, 3.05) is 24.7 Å². The van der Waals surface area contributed by atoms with Crippen LogP contribution in [0.5, 0.6) is 0 Å². The minimum Gasteiger partial charge on any atom is -0.462 e. The molecule has 0 atom stereocenters. The molecule has 0 saturated heterocycles. The Morgan fingerprint density at radius 3 is 1.40 bits per heavy atom. The number of nitrogens with two attached hydrogens (primary N) is 2. The summed E-state index contributed by atoms with van der Waals surface area (Å²) in [5.41, 5.74) is 16.2. The SMILES string of the molecule is CCOC(=O)c1c(C)cn(-c2ccc(-n3cc(C)c(C(=O)OCC)c3N)cc2)c1N. The van der Waals surface area contributed by atoms with Crippen molar-refractivity contribution in [3.05, 3.63) is 58.9 Å². The van der Waals surface area contributed by atoms with Crippen molar-refractivity contribution in [1.82, 2.24) is 9.13 Å². The van der Waals surface area contributed by atoms with E-state index in [2.05, 4.69) is 0 Å². The van der Waals surface area contributed by atoms with Gasteiger partial charge >= 0.3 is 11.9 Å². The van der Waals surface area contributed by atoms with E-state index in [1.165, 1.54) is 0 Å². The van der Waals surface area contributed by atoms with Crippen LogP contribution in [0.15, 0.2) is 36.7 Å². The lowest BCUT2D eigenvalue weighted by Crippen LogP contribution is -2.10. The maximum Gasteiger partial charge on any atom is 0.342 e. The van der Waals surface area contributed by atoms with Gasteiger partial charge in [0.05, 0.1) is 13.2 Å². The van der Waals surface area contributed by atoms with Gasteiger partial charge in [-0.05, 0) is 63.1 Å². The zero-order chi connectivity index (χ0) is 22.0. The van der Waals surface area contributed by atoms with Crippen molar-refractivity contribution in [3.63, 3.8) is 0 Å². The monoisotopic (exact) mass is 410 g/mol. The average Bonchev–Trinajstić information content (AvgIpc) is 3.17. The quantitative estimate of drug-likeness (QED) is 0.602. The summed E-state index contributed by atoms with van der Waals surface area (Å²) in [6.45, 7) is 7.69. The van der Waals surface area contributed by atoms with Crippen molar-refractivity contribution >= 4 is 23.6 Å². The second kappa shape index (κ2) is 8.36. The minimum absolute atomic E-state index is 0.281. The second-order valence-corrected chi connectivity index (χ2v) is 6.84. The van der Waals surface area contributed by atoms with Crippen LogP contribution < -0.4 is 11.5 Å². The summed E-state index contributed by atoms with van der Waals surface area (Å²) in [6, 6.07) is 7.44. The molecule has 0 saturated carbocycles. The van der Waals surface area contributed by atoms with Gasteiger partial charge in [0, 0.05) is 23.8 Å². The number of nitrogens with zero attached hydrogens (tertiary/aromatic N) is 2. The van der Waals surface area contributed by atoms with Crippen molar-refractivity contribution in [2.24, 2.45) is 0 Å². The highest BCUT2D eigenvalue weighted by Gasteiger charge is 2.21. The Hall–Kier alpha value is -3.68. The lowest BCUT2D eigenvalue weighted by molar-refractivity contribution is 0.0517. The molecule has 0 aliphatic carbocycles. The Labute approximate surface area is 175 Å². The maximum atomic E-state index is 12.2. The fourth-order valence-corrected chi connectivity index (χ4v) is 3.44. The van der Waals surface area contributed by atoms with Gasteiger partial charge in [0.25, 0.3) is 0 Å². The summed E-state index contributed by atoms with van der Waals surface area (Å²) in [4.78, 5) is 24.3. The molecular formula is C22H26N4O4. The van der Waals surface area contributed by atoms with E-state index in [0.717, 1.165) is 22.5 Å². The molecule has 0 bridgehead atoms. The molecular weight excluding hydrogens is 384 g/mol. The van der Waals surface area contributed by atoms with Crippen molar-refractivity contribution in [3.8, 4) is 11.4 Å². The Morgan fingerprint density at radius 2 is 1.10 bits per heavy atom. The van der Waals surface area contributed by atoms with Crippen LogP contribution in [-0.4, -0.2) is 34.3 Å². The van der Waals surface area contributed by atoms with Gasteiger partial charge in [0.1, 0.15) is 22.8 Å². The van der Waals surface area contributed by atoms with Crippen LogP contribution >= 0.6 is 0 Å². The molecule has 1 aromatic carbocycles. The van der Waals surface area contributed by atoms with Crippen molar-refractivity contribution < 1.29 is 19.1 Å². The number of esters is 2. The number of hydrogen-bond acceptors (Lipinski definition) is 6. The molecule has 3 rings (SSSR count). The molecule has 4 N–H and O–H groups in total. The van der Waals surface area contributed by atoms with Crippen LogP contribution in [0.1, 0.15) is 45.7 Å². The van der Waals surface area contributed by atoms with Crippen LogP contribution in [0, 0.1) is 13.8 Å². The molecule has 8 nitrogen and oxygen atoms in total. The van der Waals surface area contributed by atoms with Crippen molar-refractivity contribution in [1.29, 1.82) is 0 Å². The third-order valence-electron chi connectivity index (χ3n) is 4.83. The highest BCUT2D eigenvalue weighted by molar-refractivity contribution is 5.97. The molecule has 30 heavy (non-hydrogen) atoms. The summed E-state index contributed by atoms with van der Waals surface area (Å²) in [6.07, 6.45) is 3.59. The fraction of sp³-hybridized carbons (Fsp3) is 0.273. The fourth-order valence-electron chi connectivity index (χ4n) is 3.44. The lowest BCUT2D eigenvalue weighted by atomic mass is 10.2. The molecule has 2 aromatic heterocycles. The molecule has 0 fully saturated rings. The molecule has 0 amide bonds. The summed E-state index contributed by atoms with van der Waals surface area (Å²) in [7, 11) is 0. The summed E-state index contributed by atoms with van der Waals surface area (Å²) in [5.74, 6) is -0.242. The van der Waals surface area contributed by atoms with Gasteiger partial charge in [-0.25, -0.2) is 9.59 Å². The highest BCUT2D eigenvalue weighted by Crippen LogP contribution is 2.28. The number of carbonyl (C=O) groups excluding carboxylic acids is 2. The number of ether oxygens (including phenoxy) is 2. The van der Waals surface area contributed by atoms with Crippen LogP contribution in [0.2, 0.25) is 0 Å². The van der Waals surface area contributed by atoms with E-state index in [0.29, 0.717) is 22.8 Å². The standard InChI is InChI=1S/C22H26N4O4/c1-5-29-21(27)17-13(3)11-25(19(17)23)15-7-9-16(10-8-15)26-12-14(4)18(20(26)24)22(28)30-6-2/h7-12H,5-6,23-24H2,1-4H3.